The van der Waals surface area contributed by atoms with Crippen LogP contribution in [0.2, 0.25) is 0 Å². The van der Waals surface area contributed by atoms with Gasteiger partial charge < -0.3 is 11.1 Å². The Morgan fingerprint density at radius 3 is 2.37 bits per heavy atom. The first kappa shape index (κ1) is 15.5. The second-order valence-corrected chi connectivity index (χ2v) is 5.17. The molecule has 0 aliphatic heterocycles. The number of amides is 1. The van der Waals surface area contributed by atoms with Crippen LogP contribution in [0.4, 0.5) is 5.69 Å². The maximum Gasteiger partial charge on any atom is 0.241 e. The fourth-order valence-corrected chi connectivity index (χ4v) is 2.41. The second-order valence-electron chi connectivity index (χ2n) is 5.17. The Kier molecular flexibility index (Phi) is 5.39. The third-order valence-corrected chi connectivity index (χ3v) is 3.88. The number of nitrogen functional groups attached to an aromatic ring is 1. The van der Waals surface area contributed by atoms with Gasteiger partial charge in [-0.2, -0.15) is 5.10 Å². The maximum atomic E-state index is 12.0. The molecule has 0 spiro atoms. The molecule has 0 aromatic carbocycles. The predicted molar refractivity (Wildman–Crippen MR) is 77.8 cm³/mol. The van der Waals surface area contributed by atoms with Crippen molar-refractivity contribution in [2.75, 3.05) is 5.73 Å². The summed E-state index contributed by atoms with van der Waals surface area (Å²) in [6.45, 7) is 10.3. The van der Waals surface area contributed by atoms with Gasteiger partial charge in [0.25, 0.3) is 0 Å². The summed E-state index contributed by atoms with van der Waals surface area (Å²) in [4.78, 5) is 12.0. The van der Waals surface area contributed by atoms with Crippen LogP contribution in [0.1, 0.15) is 45.0 Å². The van der Waals surface area contributed by atoms with Crippen LogP contribution in [0.25, 0.3) is 0 Å². The Balaban J connectivity index is 2.62. The molecule has 5 heteroatoms. The van der Waals surface area contributed by atoms with Crippen molar-refractivity contribution in [3.63, 3.8) is 0 Å². The fourth-order valence-electron chi connectivity index (χ4n) is 2.41. The van der Waals surface area contributed by atoms with Crippen LogP contribution in [0, 0.1) is 19.8 Å². The third kappa shape index (κ3) is 3.72. The van der Waals surface area contributed by atoms with E-state index in [2.05, 4.69) is 31.2 Å². The van der Waals surface area contributed by atoms with Crippen LogP contribution in [0.15, 0.2) is 0 Å². The lowest BCUT2D eigenvalue weighted by Gasteiger charge is -2.22. The Morgan fingerprint density at radius 2 is 1.95 bits per heavy atom. The van der Waals surface area contributed by atoms with Crippen molar-refractivity contribution >= 4 is 11.6 Å². The van der Waals surface area contributed by atoms with Crippen molar-refractivity contribution in [1.29, 1.82) is 0 Å². The highest BCUT2D eigenvalue weighted by molar-refractivity contribution is 5.76. The van der Waals surface area contributed by atoms with Crippen LogP contribution >= 0.6 is 0 Å². The van der Waals surface area contributed by atoms with Gasteiger partial charge >= 0.3 is 0 Å². The lowest BCUT2D eigenvalue weighted by molar-refractivity contribution is -0.122. The molecule has 0 aliphatic rings. The molecular formula is C14H26N4O. The summed E-state index contributed by atoms with van der Waals surface area (Å²) in [7, 11) is 0. The van der Waals surface area contributed by atoms with Crippen molar-refractivity contribution in [3.05, 3.63) is 11.4 Å². The largest absolute Gasteiger partial charge is 0.396 e. The van der Waals surface area contributed by atoms with Crippen molar-refractivity contribution in [2.45, 2.75) is 60.0 Å². The number of carbonyl (C=O) groups excluding carboxylic acids is 1. The molecule has 1 heterocycles. The summed E-state index contributed by atoms with van der Waals surface area (Å²) in [5.41, 5.74) is 8.15. The standard InChI is InChI=1S/C14H26N4O/c1-6-12(7-2)9(3)16-13(19)8-18-11(5)14(15)10(4)17-18/h9,12H,6-8,15H2,1-5H3,(H,16,19). The van der Waals surface area contributed by atoms with E-state index in [0.717, 1.165) is 24.2 Å². The lowest BCUT2D eigenvalue weighted by Crippen LogP contribution is -2.39. The SMILES string of the molecule is CCC(CC)C(C)NC(=O)Cn1nc(C)c(N)c1C. The van der Waals surface area contributed by atoms with Gasteiger partial charge in [0.15, 0.2) is 0 Å². The molecule has 5 nitrogen and oxygen atoms in total. The van der Waals surface area contributed by atoms with E-state index in [9.17, 15) is 4.79 Å². The molecule has 0 saturated carbocycles. The van der Waals surface area contributed by atoms with Gasteiger partial charge in [-0.25, -0.2) is 0 Å². The van der Waals surface area contributed by atoms with Gasteiger partial charge in [0.05, 0.1) is 17.1 Å². The van der Waals surface area contributed by atoms with Gasteiger partial charge in [-0.05, 0) is 26.7 Å². The first-order valence-electron chi connectivity index (χ1n) is 6.99. The number of anilines is 1. The molecule has 0 bridgehead atoms. The van der Waals surface area contributed by atoms with Gasteiger partial charge in [0.1, 0.15) is 6.54 Å². The zero-order valence-corrected chi connectivity index (χ0v) is 12.7. The lowest BCUT2D eigenvalue weighted by atomic mass is 9.95. The number of aryl methyl sites for hydroxylation is 1. The van der Waals surface area contributed by atoms with Crippen LogP contribution in [-0.2, 0) is 11.3 Å². The Bertz CT molecular complexity index is 435. The van der Waals surface area contributed by atoms with E-state index in [0.29, 0.717) is 11.6 Å². The van der Waals surface area contributed by atoms with Crippen LogP contribution < -0.4 is 11.1 Å². The molecule has 1 unspecified atom stereocenters. The molecule has 0 radical (unpaired) electrons. The highest BCUT2D eigenvalue weighted by Crippen LogP contribution is 2.15. The summed E-state index contributed by atoms with van der Waals surface area (Å²) in [6.07, 6.45) is 2.15. The third-order valence-electron chi connectivity index (χ3n) is 3.88. The zero-order chi connectivity index (χ0) is 14.6. The minimum Gasteiger partial charge on any atom is -0.396 e. The molecule has 1 rings (SSSR count). The number of nitrogens with zero attached hydrogens (tertiary/aromatic N) is 2. The molecule has 0 fully saturated rings. The summed E-state index contributed by atoms with van der Waals surface area (Å²) < 4.78 is 1.67. The molecule has 1 aromatic rings. The van der Waals surface area contributed by atoms with Crippen molar-refractivity contribution in [1.82, 2.24) is 15.1 Å². The van der Waals surface area contributed by atoms with E-state index in [-0.39, 0.29) is 18.5 Å². The van der Waals surface area contributed by atoms with E-state index in [1.807, 2.05) is 13.8 Å². The zero-order valence-electron chi connectivity index (χ0n) is 12.7. The molecule has 1 aromatic heterocycles. The molecule has 0 aliphatic carbocycles. The normalized spacial score (nSPS) is 12.7. The number of nitrogens with one attached hydrogen (secondary N) is 1. The van der Waals surface area contributed by atoms with E-state index < -0.39 is 0 Å². The summed E-state index contributed by atoms with van der Waals surface area (Å²) in [5.74, 6) is 0.513. The molecule has 0 saturated heterocycles. The van der Waals surface area contributed by atoms with Gasteiger partial charge in [-0.3, -0.25) is 9.48 Å². The number of rotatable bonds is 6. The average molecular weight is 266 g/mol. The molecular weight excluding hydrogens is 240 g/mol. The highest BCUT2D eigenvalue weighted by atomic mass is 16.2. The van der Waals surface area contributed by atoms with Crippen molar-refractivity contribution in [2.24, 2.45) is 5.92 Å². The Morgan fingerprint density at radius 1 is 1.37 bits per heavy atom. The van der Waals surface area contributed by atoms with Gasteiger partial charge in [0, 0.05) is 6.04 Å². The topological polar surface area (TPSA) is 72.9 Å². The average Bonchev–Trinajstić information content (AvgIpc) is 2.58. The maximum absolute atomic E-state index is 12.0. The molecule has 1 amide bonds. The fraction of sp³-hybridized carbons (Fsp3) is 0.714. The Hall–Kier alpha value is -1.52. The number of hydrogen-bond acceptors (Lipinski definition) is 3. The molecule has 19 heavy (non-hydrogen) atoms. The van der Waals surface area contributed by atoms with Gasteiger partial charge in [-0.1, -0.05) is 26.7 Å². The van der Waals surface area contributed by atoms with E-state index >= 15 is 0 Å². The summed E-state index contributed by atoms with van der Waals surface area (Å²) in [6, 6.07) is 0.191. The minimum atomic E-state index is -0.00926. The second kappa shape index (κ2) is 6.59. The summed E-state index contributed by atoms with van der Waals surface area (Å²) >= 11 is 0. The van der Waals surface area contributed by atoms with Crippen molar-refractivity contribution in [3.8, 4) is 0 Å². The predicted octanol–water partition coefficient (Wildman–Crippen LogP) is 2.02. The first-order chi connectivity index (χ1) is 8.90. The molecule has 108 valence electrons. The van der Waals surface area contributed by atoms with Crippen LogP contribution in [0.3, 0.4) is 0 Å². The first-order valence-corrected chi connectivity index (χ1v) is 6.99. The number of aromatic nitrogens is 2. The van der Waals surface area contributed by atoms with Gasteiger partial charge in [-0.15, -0.1) is 0 Å². The number of carbonyl (C=O) groups is 1. The quantitative estimate of drug-likeness (QED) is 0.827. The molecule has 3 N–H and O–H groups in total. The van der Waals surface area contributed by atoms with Crippen LogP contribution in [0.5, 0.6) is 0 Å². The number of nitrogens with two attached hydrogens (primary N) is 1. The van der Waals surface area contributed by atoms with Gasteiger partial charge in [0.2, 0.25) is 5.91 Å². The molecule has 1 atom stereocenters. The number of hydrogen-bond donors (Lipinski definition) is 2. The monoisotopic (exact) mass is 266 g/mol. The Labute approximate surface area is 115 Å². The van der Waals surface area contributed by atoms with E-state index in [4.69, 9.17) is 5.73 Å². The van der Waals surface area contributed by atoms with E-state index in [1.54, 1.807) is 4.68 Å². The smallest absolute Gasteiger partial charge is 0.241 e. The van der Waals surface area contributed by atoms with Crippen molar-refractivity contribution < 1.29 is 4.79 Å². The van der Waals surface area contributed by atoms with Crippen LogP contribution in [-0.4, -0.2) is 21.7 Å². The minimum absolute atomic E-state index is 0.00926. The van der Waals surface area contributed by atoms with E-state index in [1.165, 1.54) is 0 Å². The summed E-state index contributed by atoms with van der Waals surface area (Å²) in [5, 5.41) is 7.32. The highest BCUT2D eigenvalue weighted by Gasteiger charge is 2.17.